The van der Waals surface area contributed by atoms with Crippen LogP contribution in [-0.2, 0) is 4.79 Å². The maximum atomic E-state index is 11.1. The van der Waals surface area contributed by atoms with Crippen molar-refractivity contribution in [3.8, 4) is 0 Å². The fourth-order valence-electron chi connectivity index (χ4n) is 1.88. The zero-order valence-corrected chi connectivity index (χ0v) is 6.62. The van der Waals surface area contributed by atoms with E-state index in [0.717, 1.165) is 32.4 Å². The number of ketones is 1. The van der Waals surface area contributed by atoms with Crippen molar-refractivity contribution in [3.63, 3.8) is 0 Å². The van der Waals surface area contributed by atoms with Crippen LogP contribution in [0.3, 0.4) is 0 Å². The maximum absolute atomic E-state index is 11.1. The molecule has 2 heteroatoms. The van der Waals surface area contributed by atoms with Crippen LogP contribution in [0.2, 0.25) is 0 Å². The van der Waals surface area contributed by atoms with E-state index in [2.05, 4.69) is 17.1 Å². The van der Waals surface area contributed by atoms with Crippen molar-refractivity contribution in [2.75, 3.05) is 13.1 Å². The second-order valence-electron chi connectivity index (χ2n) is 3.35. The second-order valence-corrected chi connectivity index (χ2v) is 3.35. The molecule has 2 aliphatic rings. The fourth-order valence-corrected chi connectivity index (χ4v) is 1.88. The third-order valence-electron chi connectivity index (χ3n) is 2.57. The van der Waals surface area contributed by atoms with Crippen LogP contribution in [0.25, 0.3) is 0 Å². The summed E-state index contributed by atoms with van der Waals surface area (Å²) in [7, 11) is 0. The van der Waals surface area contributed by atoms with Gasteiger partial charge in [-0.25, -0.2) is 0 Å². The Morgan fingerprint density at radius 1 is 1.45 bits per heavy atom. The normalized spacial score (nSPS) is 32.0. The lowest BCUT2D eigenvalue weighted by Gasteiger charge is -2.35. The summed E-state index contributed by atoms with van der Waals surface area (Å²) in [5, 5.41) is 0. The molecule has 0 aromatic carbocycles. The number of piperidine rings is 1. The second kappa shape index (κ2) is 2.78. The molecule has 1 atom stereocenters. The minimum Gasteiger partial charge on any atom is -0.300 e. The number of nitrogens with zero attached hydrogens (tertiary/aromatic N) is 1. The van der Waals surface area contributed by atoms with E-state index in [1.165, 1.54) is 0 Å². The third-order valence-corrected chi connectivity index (χ3v) is 2.57. The Morgan fingerprint density at radius 3 is 3.27 bits per heavy atom. The van der Waals surface area contributed by atoms with E-state index >= 15 is 0 Å². The van der Waals surface area contributed by atoms with E-state index in [0.29, 0.717) is 11.8 Å². The van der Waals surface area contributed by atoms with Gasteiger partial charge in [-0.15, -0.1) is 0 Å². The van der Waals surface area contributed by atoms with Crippen molar-refractivity contribution in [3.05, 3.63) is 12.2 Å². The van der Waals surface area contributed by atoms with Crippen LogP contribution < -0.4 is 0 Å². The summed E-state index contributed by atoms with van der Waals surface area (Å²) < 4.78 is 0. The molecule has 2 nitrogen and oxygen atoms in total. The van der Waals surface area contributed by atoms with Gasteiger partial charge in [0.25, 0.3) is 0 Å². The van der Waals surface area contributed by atoms with Crippen molar-refractivity contribution in [2.24, 2.45) is 0 Å². The van der Waals surface area contributed by atoms with Gasteiger partial charge >= 0.3 is 0 Å². The summed E-state index contributed by atoms with van der Waals surface area (Å²) in [6.45, 7) is 2.03. The summed E-state index contributed by atoms with van der Waals surface area (Å²) in [6.07, 6.45) is 7.02. The fraction of sp³-hybridized carbons (Fsp3) is 0.667. The van der Waals surface area contributed by atoms with Gasteiger partial charge in [0.2, 0.25) is 0 Å². The first-order valence-electron chi connectivity index (χ1n) is 4.27. The lowest BCUT2D eigenvalue weighted by molar-refractivity contribution is -0.123. The Kier molecular flexibility index (Phi) is 1.78. The Labute approximate surface area is 66.9 Å². The molecule has 2 aliphatic heterocycles. The summed E-state index contributed by atoms with van der Waals surface area (Å²) >= 11 is 0. The zero-order valence-electron chi connectivity index (χ0n) is 6.62. The van der Waals surface area contributed by atoms with Gasteiger partial charge in [0, 0.05) is 32.0 Å². The van der Waals surface area contributed by atoms with Crippen molar-refractivity contribution in [1.29, 1.82) is 0 Å². The lowest BCUT2D eigenvalue weighted by atomic mass is 9.96. The SMILES string of the molecule is O=C1CCN2CC=CCC2C1. The third kappa shape index (κ3) is 1.36. The molecule has 0 aromatic heterocycles. The van der Waals surface area contributed by atoms with Gasteiger partial charge in [-0.3, -0.25) is 9.69 Å². The molecule has 2 heterocycles. The standard InChI is InChI=1S/C9H13NO/c11-9-4-6-10-5-2-1-3-8(10)7-9/h1-2,8H,3-7H2. The van der Waals surface area contributed by atoms with Gasteiger partial charge in [-0.05, 0) is 6.42 Å². The molecular formula is C9H13NO. The summed E-state index contributed by atoms with van der Waals surface area (Å²) in [5.74, 6) is 0.446. The van der Waals surface area contributed by atoms with Gasteiger partial charge in [0.1, 0.15) is 5.78 Å². The molecule has 60 valence electrons. The summed E-state index contributed by atoms with van der Waals surface area (Å²) in [4.78, 5) is 13.5. The molecule has 0 bridgehead atoms. The zero-order chi connectivity index (χ0) is 7.68. The average Bonchev–Trinajstić information content (AvgIpc) is 2.04. The molecule has 0 aromatic rings. The first-order valence-corrected chi connectivity index (χ1v) is 4.27. The van der Waals surface area contributed by atoms with E-state index in [1.807, 2.05) is 0 Å². The molecule has 1 unspecified atom stereocenters. The van der Waals surface area contributed by atoms with Gasteiger partial charge < -0.3 is 0 Å². The van der Waals surface area contributed by atoms with Crippen LogP contribution in [0.1, 0.15) is 19.3 Å². The van der Waals surface area contributed by atoms with Crippen molar-refractivity contribution in [2.45, 2.75) is 25.3 Å². The molecule has 0 amide bonds. The summed E-state index contributed by atoms with van der Waals surface area (Å²) in [6, 6.07) is 0.529. The highest BCUT2D eigenvalue weighted by molar-refractivity contribution is 5.80. The van der Waals surface area contributed by atoms with Crippen LogP contribution in [-0.4, -0.2) is 29.8 Å². The van der Waals surface area contributed by atoms with Crippen LogP contribution in [0.4, 0.5) is 0 Å². The van der Waals surface area contributed by atoms with Crippen molar-refractivity contribution < 1.29 is 4.79 Å². The Hall–Kier alpha value is -0.630. The van der Waals surface area contributed by atoms with E-state index in [4.69, 9.17) is 0 Å². The van der Waals surface area contributed by atoms with E-state index in [-0.39, 0.29) is 0 Å². The first kappa shape index (κ1) is 7.04. The average molecular weight is 151 g/mol. The Morgan fingerprint density at radius 2 is 2.36 bits per heavy atom. The van der Waals surface area contributed by atoms with Gasteiger partial charge in [0.15, 0.2) is 0 Å². The minimum absolute atomic E-state index is 0.446. The first-order chi connectivity index (χ1) is 5.36. The monoisotopic (exact) mass is 151 g/mol. The highest BCUT2D eigenvalue weighted by Crippen LogP contribution is 2.20. The van der Waals surface area contributed by atoms with Gasteiger partial charge in [-0.2, -0.15) is 0 Å². The molecule has 0 aliphatic carbocycles. The van der Waals surface area contributed by atoms with E-state index in [9.17, 15) is 4.79 Å². The highest BCUT2D eigenvalue weighted by Gasteiger charge is 2.26. The molecule has 0 N–H and O–H groups in total. The number of Topliss-reactive ketones (excluding diaryl/α,β-unsaturated/α-hetero) is 1. The smallest absolute Gasteiger partial charge is 0.135 e. The van der Waals surface area contributed by atoms with Crippen LogP contribution >= 0.6 is 0 Å². The Balaban J connectivity index is 2.06. The molecule has 0 spiro atoms. The number of carbonyl (C=O) groups excluding carboxylic acids is 1. The van der Waals surface area contributed by atoms with Crippen molar-refractivity contribution >= 4 is 5.78 Å². The largest absolute Gasteiger partial charge is 0.300 e. The van der Waals surface area contributed by atoms with Crippen LogP contribution in [0, 0.1) is 0 Å². The van der Waals surface area contributed by atoms with Crippen LogP contribution in [0.5, 0.6) is 0 Å². The predicted octanol–water partition coefficient (Wildman–Crippen LogP) is 0.980. The number of fused-ring (bicyclic) bond motifs is 1. The lowest BCUT2D eigenvalue weighted by Crippen LogP contribution is -2.43. The molecular weight excluding hydrogens is 138 g/mol. The predicted molar refractivity (Wildman–Crippen MR) is 43.4 cm³/mol. The molecule has 0 saturated carbocycles. The summed E-state index contributed by atoms with van der Waals surface area (Å²) in [5.41, 5.74) is 0. The number of rotatable bonds is 0. The number of carbonyl (C=O) groups is 1. The molecule has 0 radical (unpaired) electrons. The molecule has 2 rings (SSSR count). The van der Waals surface area contributed by atoms with Gasteiger partial charge in [-0.1, -0.05) is 12.2 Å². The topological polar surface area (TPSA) is 20.3 Å². The Bertz CT molecular complexity index is 198. The number of hydrogen-bond acceptors (Lipinski definition) is 2. The quantitative estimate of drug-likeness (QED) is 0.481. The number of hydrogen-bond donors (Lipinski definition) is 0. The van der Waals surface area contributed by atoms with Gasteiger partial charge in [0.05, 0.1) is 0 Å². The van der Waals surface area contributed by atoms with E-state index in [1.54, 1.807) is 0 Å². The van der Waals surface area contributed by atoms with Crippen LogP contribution in [0.15, 0.2) is 12.2 Å². The molecule has 11 heavy (non-hydrogen) atoms. The molecule has 1 fully saturated rings. The minimum atomic E-state index is 0.446. The maximum Gasteiger partial charge on any atom is 0.135 e. The highest BCUT2D eigenvalue weighted by atomic mass is 16.1. The van der Waals surface area contributed by atoms with E-state index < -0.39 is 0 Å². The van der Waals surface area contributed by atoms with Crippen molar-refractivity contribution in [1.82, 2.24) is 4.90 Å². The molecule has 1 saturated heterocycles.